The molecule has 3 heterocycles. The molecule has 5 rings (SSSR count). The zero-order chi connectivity index (χ0) is 27.8. The summed E-state index contributed by atoms with van der Waals surface area (Å²) in [6, 6.07) is 8.88. The van der Waals surface area contributed by atoms with Crippen LogP contribution in [0.25, 0.3) is 0 Å². The van der Waals surface area contributed by atoms with Crippen LogP contribution in [0.5, 0.6) is 0 Å². The Bertz CT molecular complexity index is 1370. The lowest BCUT2D eigenvalue weighted by Crippen LogP contribution is -2.52. The topological polar surface area (TPSA) is 146 Å². The highest BCUT2D eigenvalue weighted by molar-refractivity contribution is 6.22. The molecule has 2 aromatic carbocycles. The van der Waals surface area contributed by atoms with Crippen molar-refractivity contribution in [3.05, 3.63) is 53.3 Å². The van der Waals surface area contributed by atoms with E-state index in [1.54, 1.807) is 17.0 Å². The van der Waals surface area contributed by atoms with Gasteiger partial charge in [0.25, 0.3) is 11.8 Å². The Kier molecular flexibility index (Phi) is 6.81. The van der Waals surface area contributed by atoms with Crippen molar-refractivity contribution in [1.82, 2.24) is 15.1 Å². The highest BCUT2D eigenvalue weighted by atomic mass is 19.1. The molecule has 1 unspecified atom stereocenters. The summed E-state index contributed by atoms with van der Waals surface area (Å²) in [5.41, 5.74) is 7.14. The fraction of sp³-hybridized carbons (Fsp3) is 0.346. The average molecular weight is 539 g/mol. The number of anilines is 3. The molecule has 2 saturated heterocycles. The number of nitrogens with one attached hydrogen (secondary N) is 1. The molecule has 3 N–H and O–H groups in total. The highest BCUT2D eigenvalue weighted by Gasteiger charge is 2.38. The SMILES string of the molecule is CC(=O)NCC1CN(c2ccc(N3CCN(C(=O)CN4C(=O)c5ccc(N)cc5C4=O)CC3)c(F)c2)C(=O)O1. The van der Waals surface area contributed by atoms with Crippen LogP contribution in [0.2, 0.25) is 0 Å². The van der Waals surface area contributed by atoms with Gasteiger partial charge < -0.3 is 25.6 Å². The standard InChI is InChI=1S/C26H27FN6O6/c1-15(34)29-12-18-13-32(26(38)39-18)17-3-5-22(21(27)11-17)30-6-8-31(9-7-30)23(35)14-33-24(36)19-4-2-16(28)10-20(19)25(33)37/h2-5,10-11,18H,6-9,12-14,28H2,1H3,(H,29,34). The fourth-order valence-electron chi connectivity index (χ4n) is 4.90. The van der Waals surface area contributed by atoms with Crippen LogP contribution >= 0.6 is 0 Å². The Labute approximate surface area is 223 Å². The number of ether oxygens (including phenoxy) is 1. The number of fused-ring (bicyclic) bond motifs is 1. The fourth-order valence-corrected chi connectivity index (χ4v) is 4.90. The number of rotatable bonds is 6. The van der Waals surface area contributed by atoms with Crippen LogP contribution in [0.1, 0.15) is 27.6 Å². The first-order chi connectivity index (χ1) is 18.6. The summed E-state index contributed by atoms with van der Waals surface area (Å²) in [5, 5.41) is 2.59. The van der Waals surface area contributed by atoms with E-state index >= 15 is 4.39 Å². The van der Waals surface area contributed by atoms with Crippen molar-refractivity contribution in [2.75, 3.05) is 61.3 Å². The molecular formula is C26H27FN6O6. The number of hydrogen-bond donors (Lipinski definition) is 2. The van der Waals surface area contributed by atoms with Crippen molar-refractivity contribution in [3.63, 3.8) is 0 Å². The van der Waals surface area contributed by atoms with E-state index < -0.39 is 29.8 Å². The van der Waals surface area contributed by atoms with Crippen LogP contribution in [-0.4, -0.2) is 91.4 Å². The Morgan fingerprint density at radius 2 is 1.74 bits per heavy atom. The molecule has 39 heavy (non-hydrogen) atoms. The maximum atomic E-state index is 15.1. The number of hydrogen-bond acceptors (Lipinski definition) is 8. The molecule has 204 valence electrons. The number of cyclic esters (lactones) is 1. The molecule has 0 aliphatic carbocycles. The van der Waals surface area contributed by atoms with Crippen LogP contribution in [0, 0.1) is 5.82 Å². The molecule has 5 amide bonds. The first-order valence-corrected chi connectivity index (χ1v) is 12.4. The van der Waals surface area contributed by atoms with Crippen LogP contribution in [0.4, 0.5) is 26.2 Å². The molecule has 0 bridgehead atoms. The number of nitrogens with two attached hydrogens (primary N) is 1. The van der Waals surface area contributed by atoms with Gasteiger partial charge in [0.2, 0.25) is 11.8 Å². The van der Waals surface area contributed by atoms with E-state index in [1.165, 1.54) is 41.0 Å². The maximum Gasteiger partial charge on any atom is 0.414 e. The Morgan fingerprint density at radius 1 is 1.03 bits per heavy atom. The second kappa shape index (κ2) is 10.2. The summed E-state index contributed by atoms with van der Waals surface area (Å²) in [4.78, 5) is 67.1. The van der Waals surface area contributed by atoms with Gasteiger partial charge in [-0.2, -0.15) is 0 Å². The third kappa shape index (κ3) is 5.07. The Hall–Kier alpha value is -4.68. The largest absolute Gasteiger partial charge is 0.442 e. The number of nitrogen functional groups attached to an aromatic ring is 1. The van der Waals surface area contributed by atoms with E-state index in [-0.39, 0.29) is 55.7 Å². The number of halogens is 1. The maximum absolute atomic E-state index is 15.1. The van der Waals surface area contributed by atoms with Gasteiger partial charge in [0.05, 0.1) is 35.6 Å². The van der Waals surface area contributed by atoms with Gasteiger partial charge in [-0.1, -0.05) is 0 Å². The Balaban J connectivity index is 1.17. The molecule has 3 aliphatic heterocycles. The lowest BCUT2D eigenvalue weighted by atomic mass is 10.1. The van der Waals surface area contributed by atoms with Crippen LogP contribution in [0.3, 0.4) is 0 Å². The minimum absolute atomic E-state index is 0.169. The number of piperazine rings is 1. The van der Waals surface area contributed by atoms with Gasteiger partial charge in [-0.15, -0.1) is 0 Å². The molecule has 0 radical (unpaired) electrons. The number of benzene rings is 2. The summed E-state index contributed by atoms with van der Waals surface area (Å²) >= 11 is 0. The summed E-state index contributed by atoms with van der Waals surface area (Å²) in [6.45, 7) is 2.56. The summed E-state index contributed by atoms with van der Waals surface area (Å²) in [7, 11) is 0. The lowest BCUT2D eigenvalue weighted by Gasteiger charge is -2.36. The molecule has 0 aromatic heterocycles. The van der Waals surface area contributed by atoms with Crippen molar-refractivity contribution in [2.24, 2.45) is 0 Å². The van der Waals surface area contributed by atoms with E-state index in [0.29, 0.717) is 30.2 Å². The van der Waals surface area contributed by atoms with Crippen molar-refractivity contribution >= 4 is 46.8 Å². The molecule has 2 aromatic rings. The quantitative estimate of drug-likeness (QED) is 0.406. The number of imide groups is 1. The third-order valence-electron chi connectivity index (χ3n) is 6.96. The van der Waals surface area contributed by atoms with Gasteiger partial charge in [0.15, 0.2) is 0 Å². The van der Waals surface area contributed by atoms with Crippen molar-refractivity contribution in [1.29, 1.82) is 0 Å². The molecule has 0 spiro atoms. The van der Waals surface area contributed by atoms with E-state index in [4.69, 9.17) is 10.5 Å². The number of nitrogens with zero attached hydrogens (tertiary/aromatic N) is 4. The number of carbonyl (C=O) groups excluding carboxylic acids is 5. The third-order valence-corrected chi connectivity index (χ3v) is 6.96. The van der Waals surface area contributed by atoms with Crippen LogP contribution in [-0.2, 0) is 14.3 Å². The summed E-state index contributed by atoms with van der Waals surface area (Å²) in [6.07, 6.45) is -1.15. The van der Waals surface area contributed by atoms with Gasteiger partial charge in [-0.05, 0) is 36.4 Å². The highest BCUT2D eigenvalue weighted by Crippen LogP contribution is 2.29. The number of amides is 5. The second-order valence-corrected chi connectivity index (χ2v) is 9.56. The normalized spacial score (nSPS) is 18.9. The average Bonchev–Trinajstić information content (AvgIpc) is 3.39. The van der Waals surface area contributed by atoms with Crippen molar-refractivity contribution < 1.29 is 33.1 Å². The molecule has 3 aliphatic rings. The predicted molar refractivity (Wildman–Crippen MR) is 138 cm³/mol. The van der Waals surface area contributed by atoms with Gasteiger partial charge in [-0.25, -0.2) is 9.18 Å². The lowest BCUT2D eigenvalue weighted by molar-refractivity contribution is -0.131. The predicted octanol–water partition coefficient (Wildman–Crippen LogP) is 0.814. The molecule has 1 atom stereocenters. The molecule has 13 heteroatoms. The zero-order valence-corrected chi connectivity index (χ0v) is 21.2. The smallest absolute Gasteiger partial charge is 0.414 e. The molecular weight excluding hydrogens is 511 g/mol. The van der Waals surface area contributed by atoms with Crippen molar-refractivity contribution in [3.8, 4) is 0 Å². The van der Waals surface area contributed by atoms with Gasteiger partial charge >= 0.3 is 6.09 Å². The minimum atomic E-state index is -0.619. The minimum Gasteiger partial charge on any atom is -0.442 e. The van der Waals surface area contributed by atoms with E-state index in [1.807, 2.05) is 0 Å². The van der Waals surface area contributed by atoms with Gasteiger partial charge in [0, 0.05) is 38.8 Å². The summed E-state index contributed by atoms with van der Waals surface area (Å²) < 4.78 is 20.3. The monoisotopic (exact) mass is 538 g/mol. The zero-order valence-electron chi connectivity index (χ0n) is 21.2. The van der Waals surface area contributed by atoms with E-state index in [2.05, 4.69) is 5.32 Å². The Morgan fingerprint density at radius 3 is 2.44 bits per heavy atom. The second-order valence-electron chi connectivity index (χ2n) is 9.56. The molecule has 2 fully saturated rings. The molecule has 12 nitrogen and oxygen atoms in total. The van der Waals surface area contributed by atoms with Crippen molar-refractivity contribution in [2.45, 2.75) is 13.0 Å². The van der Waals surface area contributed by atoms with E-state index in [0.717, 1.165) is 4.90 Å². The van der Waals surface area contributed by atoms with Gasteiger partial charge in [-0.3, -0.25) is 29.0 Å². The first kappa shape index (κ1) is 25.9. The van der Waals surface area contributed by atoms with Crippen LogP contribution < -0.4 is 20.9 Å². The first-order valence-electron chi connectivity index (χ1n) is 12.4. The van der Waals surface area contributed by atoms with Crippen LogP contribution in [0.15, 0.2) is 36.4 Å². The summed E-state index contributed by atoms with van der Waals surface area (Å²) in [5.74, 6) is -2.24. The van der Waals surface area contributed by atoms with Gasteiger partial charge in [0.1, 0.15) is 18.5 Å². The number of carbonyl (C=O) groups is 5. The molecule has 0 saturated carbocycles. The van der Waals surface area contributed by atoms with E-state index in [9.17, 15) is 24.0 Å².